The molecule has 1 N–H and O–H groups in total. The predicted octanol–water partition coefficient (Wildman–Crippen LogP) is 5.25. The van der Waals surface area contributed by atoms with Gasteiger partial charge in [0.1, 0.15) is 23.6 Å². The van der Waals surface area contributed by atoms with E-state index in [1.165, 1.54) is 31.5 Å². The van der Waals surface area contributed by atoms with Crippen LogP contribution in [0.4, 0.5) is 17.2 Å². The topological polar surface area (TPSA) is 100 Å². The SMILES string of the molecule is C=CC(=O)Nc1cc(N2CCN(C(C)C)CC2)ccc1Cc1cc(N(C)C(=O)Cc2c(Cl)c(OC)cc(OC)c2Cl)ncn1. The summed E-state index contributed by atoms with van der Waals surface area (Å²) in [6.45, 7) is 11.8. The third kappa shape index (κ3) is 7.61. The molecule has 10 nitrogen and oxygen atoms in total. The van der Waals surface area contributed by atoms with Gasteiger partial charge in [-0.05, 0) is 37.6 Å². The number of amides is 2. The van der Waals surface area contributed by atoms with Gasteiger partial charge in [0, 0.05) is 74.8 Å². The first-order valence-corrected chi connectivity index (χ1v) is 15.0. The molecule has 2 aromatic carbocycles. The van der Waals surface area contributed by atoms with Gasteiger partial charge in [0.05, 0.1) is 36.4 Å². The molecule has 0 spiro atoms. The summed E-state index contributed by atoms with van der Waals surface area (Å²) in [6.07, 6.45) is 2.95. The highest BCUT2D eigenvalue weighted by atomic mass is 35.5. The Bertz CT molecular complexity index is 1500. The molecule has 0 unspecified atom stereocenters. The van der Waals surface area contributed by atoms with E-state index in [4.69, 9.17) is 32.7 Å². The number of aromatic nitrogens is 2. The van der Waals surface area contributed by atoms with Crippen LogP contribution in [-0.2, 0) is 22.4 Å². The Balaban J connectivity index is 1.54. The van der Waals surface area contributed by atoms with E-state index in [1.54, 1.807) is 19.2 Å². The first-order valence-electron chi connectivity index (χ1n) is 14.3. The minimum atomic E-state index is -0.298. The summed E-state index contributed by atoms with van der Waals surface area (Å²) in [5.41, 5.74) is 3.65. The molecular formula is C32H38Cl2N6O4. The number of benzene rings is 2. The van der Waals surface area contributed by atoms with Crippen LogP contribution >= 0.6 is 23.2 Å². The molecule has 44 heavy (non-hydrogen) atoms. The molecule has 0 bridgehead atoms. The second-order valence-electron chi connectivity index (χ2n) is 10.7. The third-order valence-corrected chi connectivity index (χ3v) is 8.57. The van der Waals surface area contributed by atoms with E-state index in [2.05, 4.69) is 51.6 Å². The number of ether oxygens (including phenoxy) is 2. The van der Waals surface area contributed by atoms with Gasteiger partial charge in [-0.1, -0.05) is 35.8 Å². The average Bonchev–Trinajstić information content (AvgIpc) is 3.03. The third-order valence-electron chi connectivity index (χ3n) is 7.74. The van der Waals surface area contributed by atoms with Crippen LogP contribution in [0.15, 0.2) is 49.3 Å². The van der Waals surface area contributed by atoms with Crippen LogP contribution in [-0.4, -0.2) is 80.2 Å². The minimum Gasteiger partial charge on any atom is -0.495 e. The second-order valence-corrected chi connectivity index (χ2v) is 11.5. The highest BCUT2D eigenvalue weighted by Gasteiger charge is 2.23. The van der Waals surface area contributed by atoms with Crippen molar-refractivity contribution in [1.82, 2.24) is 14.9 Å². The molecule has 0 atom stereocenters. The molecule has 0 saturated carbocycles. The van der Waals surface area contributed by atoms with Crippen molar-refractivity contribution < 1.29 is 19.1 Å². The summed E-state index contributed by atoms with van der Waals surface area (Å²) in [6, 6.07) is 9.89. The van der Waals surface area contributed by atoms with Crippen molar-refractivity contribution in [3.8, 4) is 11.5 Å². The summed E-state index contributed by atoms with van der Waals surface area (Å²) in [5.74, 6) is 0.512. The monoisotopic (exact) mass is 640 g/mol. The first-order chi connectivity index (χ1) is 21.1. The molecule has 2 amide bonds. The van der Waals surface area contributed by atoms with Crippen LogP contribution in [0.25, 0.3) is 0 Å². The zero-order valence-electron chi connectivity index (χ0n) is 25.7. The summed E-state index contributed by atoms with van der Waals surface area (Å²) in [4.78, 5) is 40.6. The van der Waals surface area contributed by atoms with Crippen LogP contribution in [0, 0.1) is 0 Å². The van der Waals surface area contributed by atoms with Gasteiger partial charge in [-0.3, -0.25) is 19.4 Å². The van der Waals surface area contributed by atoms with Crippen LogP contribution in [0.3, 0.4) is 0 Å². The maximum Gasteiger partial charge on any atom is 0.247 e. The van der Waals surface area contributed by atoms with Crippen LogP contribution in [0.5, 0.6) is 11.5 Å². The number of halogens is 2. The van der Waals surface area contributed by atoms with Crippen molar-refractivity contribution in [2.24, 2.45) is 0 Å². The van der Waals surface area contributed by atoms with Gasteiger partial charge >= 0.3 is 0 Å². The van der Waals surface area contributed by atoms with Gasteiger partial charge in [0.25, 0.3) is 0 Å². The molecule has 1 fully saturated rings. The Kier molecular flexibility index (Phi) is 11.1. The normalized spacial score (nSPS) is 13.5. The van der Waals surface area contributed by atoms with Crippen molar-refractivity contribution in [3.63, 3.8) is 0 Å². The summed E-state index contributed by atoms with van der Waals surface area (Å²) >= 11 is 13.0. The minimum absolute atomic E-state index is 0.105. The number of nitrogens with zero attached hydrogens (tertiary/aromatic N) is 5. The molecular weight excluding hydrogens is 603 g/mol. The Morgan fingerprint density at radius 2 is 1.70 bits per heavy atom. The van der Waals surface area contributed by atoms with E-state index in [-0.39, 0.29) is 28.3 Å². The molecule has 3 aromatic rings. The van der Waals surface area contributed by atoms with Crippen molar-refractivity contribution in [2.75, 3.05) is 62.6 Å². The number of methoxy groups -OCH3 is 2. The number of hydrogen-bond acceptors (Lipinski definition) is 8. The van der Waals surface area contributed by atoms with Gasteiger partial charge in [0.2, 0.25) is 11.8 Å². The molecule has 0 aliphatic carbocycles. The molecule has 1 aliphatic heterocycles. The number of carbonyl (C=O) groups is 2. The molecule has 4 rings (SSSR count). The van der Waals surface area contributed by atoms with Crippen molar-refractivity contribution in [1.29, 1.82) is 0 Å². The number of anilines is 3. The van der Waals surface area contributed by atoms with Crippen molar-refractivity contribution in [2.45, 2.75) is 32.7 Å². The Labute approximate surface area is 268 Å². The van der Waals surface area contributed by atoms with Crippen molar-refractivity contribution >= 4 is 52.2 Å². The molecule has 2 heterocycles. The van der Waals surface area contributed by atoms with Crippen LogP contribution < -0.4 is 24.6 Å². The first kappa shape index (κ1) is 33.0. The number of carbonyl (C=O) groups excluding carboxylic acids is 2. The second kappa shape index (κ2) is 14.7. The zero-order valence-corrected chi connectivity index (χ0v) is 27.2. The lowest BCUT2D eigenvalue weighted by atomic mass is 10.0. The van der Waals surface area contributed by atoms with Gasteiger partial charge < -0.3 is 19.7 Å². The Morgan fingerprint density at radius 1 is 1.05 bits per heavy atom. The van der Waals surface area contributed by atoms with Gasteiger partial charge in [-0.15, -0.1) is 0 Å². The molecule has 1 aromatic heterocycles. The number of likely N-dealkylation sites (N-methyl/N-ethyl adjacent to an activating group) is 1. The number of piperazine rings is 1. The summed E-state index contributed by atoms with van der Waals surface area (Å²) < 4.78 is 10.7. The van der Waals surface area contributed by atoms with E-state index < -0.39 is 0 Å². The van der Waals surface area contributed by atoms with E-state index in [1.807, 2.05) is 12.1 Å². The molecule has 1 saturated heterocycles. The van der Waals surface area contributed by atoms with E-state index >= 15 is 0 Å². The number of hydrogen-bond donors (Lipinski definition) is 1. The van der Waals surface area contributed by atoms with Gasteiger partial charge in [-0.2, -0.15) is 0 Å². The molecule has 0 radical (unpaired) electrons. The fourth-order valence-electron chi connectivity index (χ4n) is 5.06. The Hall–Kier alpha value is -3.86. The van der Waals surface area contributed by atoms with Crippen molar-refractivity contribution in [3.05, 3.63) is 76.2 Å². The Morgan fingerprint density at radius 3 is 2.30 bits per heavy atom. The fraction of sp³-hybridized carbons (Fsp3) is 0.375. The summed E-state index contributed by atoms with van der Waals surface area (Å²) in [5, 5.41) is 3.43. The lowest BCUT2D eigenvalue weighted by Crippen LogP contribution is -2.48. The summed E-state index contributed by atoms with van der Waals surface area (Å²) in [7, 11) is 4.58. The number of rotatable bonds is 11. The molecule has 234 valence electrons. The highest BCUT2D eigenvalue weighted by molar-refractivity contribution is 6.38. The standard InChI is InChI=1S/C32H38Cl2N6O4/c1-7-29(41)37-25-16-23(40-12-10-39(11-13-40)20(2)3)9-8-21(25)14-22-15-28(36-19-35-22)38(4)30(42)17-24-31(33)26(43-5)18-27(44-6)32(24)34/h7-9,15-16,18-20H,1,10-14,17H2,2-6H3,(H,37,41). The van der Waals surface area contributed by atoms with Crippen LogP contribution in [0.1, 0.15) is 30.7 Å². The molecule has 12 heteroatoms. The number of nitrogens with one attached hydrogen (secondary N) is 1. The lowest BCUT2D eigenvalue weighted by molar-refractivity contribution is -0.117. The lowest BCUT2D eigenvalue weighted by Gasteiger charge is -2.38. The predicted molar refractivity (Wildman–Crippen MR) is 176 cm³/mol. The quantitative estimate of drug-likeness (QED) is 0.284. The van der Waals surface area contributed by atoms with Gasteiger partial charge in [0.15, 0.2) is 0 Å². The maximum absolute atomic E-state index is 13.3. The van der Waals surface area contributed by atoms with E-state index in [0.717, 1.165) is 37.4 Å². The van der Waals surface area contributed by atoms with Crippen LogP contribution in [0.2, 0.25) is 10.0 Å². The smallest absolute Gasteiger partial charge is 0.247 e. The maximum atomic E-state index is 13.3. The molecule has 1 aliphatic rings. The largest absolute Gasteiger partial charge is 0.495 e. The van der Waals surface area contributed by atoms with E-state index in [9.17, 15) is 9.59 Å². The highest BCUT2D eigenvalue weighted by Crippen LogP contribution is 2.41. The average molecular weight is 642 g/mol. The van der Waals surface area contributed by atoms with Gasteiger partial charge in [-0.25, -0.2) is 9.97 Å². The van der Waals surface area contributed by atoms with E-state index in [0.29, 0.717) is 46.7 Å². The fourth-order valence-corrected chi connectivity index (χ4v) is 5.70. The zero-order chi connectivity index (χ0) is 32.0.